The van der Waals surface area contributed by atoms with Crippen LogP contribution >= 0.6 is 11.3 Å². The minimum absolute atomic E-state index is 0.0164. The predicted molar refractivity (Wildman–Crippen MR) is 109 cm³/mol. The third-order valence-corrected chi connectivity index (χ3v) is 7.48. The molecule has 0 unspecified atom stereocenters. The van der Waals surface area contributed by atoms with Gasteiger partial charge < -0.3 is 9.84 Å². The first-order valence-corrected chi connectivity index (χ1v) is 11.4. The molecule has 0 saturated heterocycles. The summed E-state index contributed by atoms with van der Waals surface area (Å²) in [6.07, 6.45) is -4.83. The minimum atomic E-state index is -4.46. The van der Waals surface area contributed by atoms with E-state index in [0.717, 1.165) is 23.5 Å². The Kier molecular flexibility index (Phi) is 6.42. The Labute approximate surface area is 180 Å². The summed E-state index contributed by atoms with van der Waals surface area (Å²) in [4.78, 5) is 10.9. The van der Waals surface area contributed by atoms with Gasteiger partial charge in [0.1, 0.15) is 9.96 Å². The quantitative estimate of drug-likeness (QED) is 0.507. The molecule has 0 aliphatic rings. The molecule has 0 bridgehead atoms. The second kappa shape index (κ2) is 8.72. The van der Waals surface area contributed by atoms with Crippen LogP contribution in [0.15, 0.2) is 63.0 Å². The number of carboxylic acids is 1. The molecule has 0 fully saturated rings. The fourth-order valence-corrected chi connectivity index (χ4v) is 5.56. The normalized spacial score (nSPS) is 12.0. The highest BCUT2D eigenvalue weighted by atomic mass is 32.2. The summed E-state index contributed by atoms with van der Waals surface area (Å²) in [7, 11) is -3.99. The number of carboxylic acid groups (broad SMARTS) is 1. The highest BCUT2D eigenvalue weighted by Gasteiger charge is 2.30. The first-order chi connectivity index (χ1) is 14.5. The molecule has 0 radical (unpaired) electrons. The Morgan fingerprint density at radius 3 is 2.32 bits per heavy atom. The lowest BCUT2D eigenvalue weighted by molar-refractivity contribution is -0.138. The third kappa shape index (κ3) is 5.26. The van der Waals surface area contributed by atoms with Gasteiger partial charge in [0.05, 0.1) is 23.5 Å². The molecule has 2 aromatic carbocycles. The lowest BCUT2D eigenvalue weighted by Crippen LogP contribution is -2.05. The van der Waals surface area contributed by atoms with E-state index in [-0.39, 0.29) is 33.4 Å². The summed E-state index contributed by atoms with van der Waals surface area (Å²) in [6.45, 7) is 1.99. The lowest BCUT2D eigenvalue weighted by Gasteiger charge is -2.09. The van der Waals surface area contributed by atoms with Crippen molar-refractivity contribution < 1.29 is 36.2 Å². The fraction of sp³-hybridized carbons (Fsp3) is 0.190. The van der Waals surface area contributed by atoms with E-state index in [1.165, 1.54) is 36.4 Å². The van der Waals surface area contributed by atoms with Crippen molar-refractivity contribution >= 4 is 27.1 Å². The van der Waals surface area contributed by atoms with Crippen molar-refractivity contribution in [3.05, 3.63) is 65.0 Å². The van der Waals surface area contributed by atoms with Crippen molar-refractivity contribution in [2.24, 2.45) is 0 Å². The van der Waals surface area contributed by atoms with Crippen LogP contribution in [0.3, 0.4) is 0 Å². The zero-order valence-electron chi connectivity index (χ0n) is 16.1. The fourth-order valence-electron chi connectivity index (χ4n) is 2.89. The van der Waals surface area contributed by atoms with Crippen molar-refractivity contribution in [2.75, 3.05) is 6.61 Å². The molecule has 0 aliphatic carbocycles. The van der Waals surface area contributed by atoms with E-state index >= 15 is 0 Å². The number of hydrogen-bond acceptors (Lipinski definition) is 5. The molecule has 31 heavy (non-hydrogen) atoms. The van der Waals surface area contributed by atoms with Crippen molar-refractivity contribution in [3.63, 3.8) is 0 Å². The summed E-state index contributed by atoms with van der Waals surface area (Å²) >= 11 is 0.928. The standard InChI is InChI=1S/C21H17F3O5S2/c1-2-29-17-7-13(9-19(25)26)8-18(11-17)31(27,28)20-10-15(12-30-20)14-3-5-16(6-4-14)21(22,23)24/h3-8,10-12H,2,9H2,1H3,(H,25,26). The smallest absolute Gasteiger partial charge is 0.416 e. The Hall–Kier alpha value is -2.85. The maximum atomic E-state index is 13.1. The Balaban J connectivity index is 1.97. The SMILES string of the molecule is CCOc1cc(CC(=O)O)cc(S(=O)(=O)c2cc(-c3ccc(C(F)(F)F)cc3)cs2)c1. The van der Waals surface area contributed by atoms with E-state index in [1.807, 2.05) is 0 Å². The Morgan fingerprint density at radius 2 is 1.74 bits per heavy atom. The number of ether oxygens (including phenoxy) is 1. The van der Waals surface area contributed by atoms with E-state index in [2.05, 4.69) is 0 Å². The largest absolute Gasteiger partial charge is 0.494 e. The summed E-state index contributed by atoms with van der Waals surface area (Å²) in [6, 6.07) is 9.89. The molecule has 10 heteroatoms. The molecule has 0 spiro atoms. The summed E-state index contributed by atoms with van der Waals surface area (Å²) in [5, 5.41) is 10.6. The van der Waals surface area contributed by atoms with Crippen molar-refractivity contribution in [3.8, 4) is 16.9 Å². The number of thiophene rings is 1. The van der Waals surface area contributed by atoms with Crippen LogP contribution in [0.5, 0.6) is 5.75 Å². The molecule has 0 saturated carbocycles. The van der Waals surface area contributed by atoms with Crippen molar-refractivity contribution in [1.82, 2.24) is 0 Å². The highest BCUT2D eigenvalue weighted by Crippen LogP contribution is 2.35. The van der Waals surface area contributed by atoms with E-state index in [1.54, 1.807) is 12.3 Å². The monoisotopic (exact) mass is 470 g/mol. The second-order valence-electron chi connectivity index (χ2n) is 6.55. The first kappa shape index (κ1) is 22.8. The van der Waals surface area contributed by atoms with Crippen molar-refractivity contribution in [1.29, 1.82) is 0 Å². The van der Waals surface area contributed by atoms with Gasteiger partial charge >= 0.3 is 12.1 Å². The third-order valence-electron chi connectivity index (χ3n) is 4.30. The van der Waals surface area contributed by atoms with Crippen LogP contribution in [-0.4, -0.2) is 26.1 Å². The van der Waals surface area contributed by atoms with Crippen LogP contribution in [0.1, 0.15) is 18.1 Å². The predicted octanol–water partition coefficient (Wildman–Crippen LogP) is 5.29. The second-order valence-corrected chi connectivity index (χ2v) is 9.64. The molecule has 0 amide bonds. The molecule has 3 rings (SSSR count). The van der Waals surface area contributed by atoms with Gasteiger partial charge in [0, 0.05) is 0 Å². The van der Waals surface area contributed by atoms with Gasteiger partial charge in [-0.15, -0.1) is 11.3 Å². The number of sulfone groups is 1. The van der Waals surface area contributed by atoms with E-state index in [9.17, 15) is 26.4 Å². The molecule has 1 aromatic heterocycles. The molecule has 0 aliphatic heterocycles. The van der Waals surface area contributed by atoms with Crippen LogP contribution in [0, 0.1) is 0 Å². The van der Waals surface area contributed by atoms with Gasteiger partial charge in [-0.3, -0.25) is 4.79 Å². The molecule has 164 valence electrons. The zero-order valence-corrected chi connectivity index (χ0v) is 17.8. The average Bonchev–Trinajstić information content (AvgIpc) is 3.18. The minimum Gasteiger partial charge on any atom is -0.494 e. The highest BCUT2D eigenvalue weighted by molar-refractivity contribution is 7.93. The van der Waals surface area contributed by atoms with Crippen LogP contribution in [0.2, 0.25) is 0 Å². The van der Waals surface area contributed by atoms with Crippen molar-refractivity contribution in [2.45, 2.75) is 28.6 Å². The molecule has 5 nitrogen and oxygen atoms in total. The van der Waals surface area contributed by atoms with Crippen LogP contribution < -0.4 is 4.74 Å². The number of alkyl halides is 3. The maximum Gasteiger partial charge on any atom is 0.416 e. The number of aliphatic carboxylic acids is 1. The van der Waals surface area contributed by atoms with Gasteiger partial charge in [0.15, 0.2) is 0 Å². The maximum absolute atomic E-state index is 13.1. The summed E-state index contributed by atoms with van der Waals surface area (Å²) in [5.41, 5.74) is 0.388. The van der Waals surface area contributed by atoms with Gasteiger partial charge in [-0.25, -0.2) is 8.42 Å². The molecule has 1 N–H and O–H groups in total. The van der Waals surface area contributed by atoms with Crippen LogP contribution in [-0.2, 0) is 27.2 Å². The number of rotatable bonds is 7. The number of benzene rings is 2. The van der Waals surface area contributed by atoms with E-state index < -0.39 is 27.5 Å². The first-order valence-electron chi connectivity index (χ1n) is 9.00. The molecule has 0 atom stereocenters. The molecule has 3 aromatic rings. The molecular weight excluding hydrogens is 453 g/mol. The Morgan fingerprint density at radius 1 is 1.06 bits per heavy atom. The van der Waals surface area contributed by atoms with Gasteiger partial charge in [0.25, 0.3) is 0 Å². The van der Waals surface area contributed by atoms with Gasteiger partial charge in [-0.2, -0.15) is 13.2 Å². The number of hydrogen-bond donors (Lipinski definition) is 1. The number of halogens is 3. The zero-order chi connectivity index (χ0) is 22.8. The van der Waals surface area contributed by atoms with E-state index in [0.29, 0.717) is 11.1 Å². The Bertz CT molecular complexity index is 1200. The average molecular weight is 470 g/mol. The number of carbonyl (C=O) groups is 1. The summed E-state index contributed by atoms with van der Waals surface area (Å²) in [5.74, 6) is -0.878. The van der Waals surface area contributed by atoms with E-state index in [4.69, 9.17) is 9.84 Å². The topological polar surface area (TPSA) is 80.7 Å². The molecule has 1 heterocycles. The summed E-state index contributed by atoms with van der Waals surface area (Å²) < 4.78 is 69.8. The van der Waals surface area contributed by atoms with Crippen LogP contribution in [0.25, 0.3) is 11.1 Å². The molecular formula is C21H17F3O5S2. The van der Waals surface area contributed by atoms with Gasteiger partial charge in [-0.1, -0.05) is 12.1 Å². The van der Waals surface area contributed by atoms with Gasteiger partial charge in [-0.05, 0) is 65.4 Å². The van der Waals surface area contributed by atoms with Gasteiger partial charge in [0.2, 0.25) is 9.84 Å². The lowest BCUT2D eigenvalue weighted by atomic mass is 10.1. The van der Waals surface area contributed by atoms with Crippen LogP contribution in [0.4, 0.5) is 13.2 Å².